The SMILES string of the molecule is Cc1ccc(C(=O)NNC(=S)NC(=O)COc2ccc3cc(Br)ccc3c2Br)cc1Br. The molecule has 0 radical (unpaired) electrons. The van der Waals surface area contributed by atoms with Crippen LogP contribution in [0.1, 0.15) is 15.9 Å². The van der Waals surface area contributed by atoms with Crippen molar-refractivity contribution in [3.8, 4) is 5.75 Å². The zero-order chi connectivity index (χ0) is 22.5. The van der Waals surface area contributed by atoms with E-state index in [0.717, 1.165) is 29.8 Å². The molecule has 0 spiro atoms. The molecule has 3 aromatic rings. The van der Waals surface area contributed by atoms with Gasteiger partial charge in [-0.3, -0.25) is 25.8 Å². The van der Waals surface area contributed by atoms with Crippen molar-refractivity contribution in [3.05, 3.63) is 73.1 Å². The monoisotopic (exact) mass is 627 g/mol. The normalized spacial score (nSPS) is 10.5. The van der Waals surface area contributed by atoms with Crippen molar-refractivity contribution in [2.75, 3.05) is 6.61 Å². The van der Waals surface area contributed by atoms with Crippen LogP contribution in [-0.2, 0) is 4.79 Å². The highest BCUT2D eigenvalue weighted by molar-refractivity contribution is 9.11. The smallest absolute Gasteiger partial charge is 0.269 e. The largest absolute Gasteiger partial charge is 0.483 e. The maximum absolute atomic E-state index is 12.2. The van der Waals surface area contributed by atoms with Crippen LogP contribution in [0.5, 0.6) is 5.75 Å². The van der Waals surface area contributed by atoms with Gasteiger partial charge >= 0.3 is 0 Å². The number of rotatable bonds is 4. The highest BCUT2D eigenvalue weighted by Gasteiger charge is 2.12. The van der Waals surface area contributed by atoms with E-state index < -0.39 is 5.91 Å². The van der Waals surface area contributed by atoms with Gasteiger partial charge in [0.25, 0.3) is 11.8 Å². The molecule has 10 heteroatoms. The van der Waals surface area contributed by atoms with Gasteiger partial charge in [-0.2, -0.15) is 0 Å². The Bertz CT molecular complexity index is 1190. The van der Waals surface area contributed by atoms with E-state index in [0.29, 0.717) is 11.3 Å². The molecule has 3 rings (SSSR count). The molecule has 0 saturated heterocycles. The first-order chi connectivity index (χ1) is 14.7. The Morgan fingerprint density at radius 1 is 1.00 bits per heavy atom. The predicted octanol–water partition coefficient (Wildman–Crippen LogP) is 5.15. The molecule has 0 saturated carbocycles. The van der Waals surface area contributed by atoms with Crippen molar-refractivity contribution >= 4 is 87.7 Å². The number of hydrogen-bond acceptors (Lipinski definition) is 4. The third kappa shape index (κ3) is 6.25. The second-order valence-electron chi connectivity index (χ2n) is 6.45. The summed E-state index contributed by atoms with van der Waals surface area (Å²) < 4.78 is 8.15. The Morgan fingerprint density at radius 2 is 1.77 bits per heavy atom. The number of amides is 2. The van der Waals surface area contributed by atoms with Gasteiger partial charge in [-0.05, 0) is 81.7 Å². The fourth-order valence-electron chi connectivity index (χ4n) is 2.61. The van der Waals surface area contributed by atoms with Gasteiger partial charge in [0.15, 0.2) is 11.7 Å². The second-order valence-corrected chi connectivity index (χ2v) is 9.42. The third-order valence-electron chi connectivity index (χ3n) is 4.22. The van der Waals surface area contributed by atoms with E-state index in [1.807, 2.05) is 37.3 Å². The number of aryl methyl sites for hydroxylation is 1. The van der Waals surface area contributed by atoms with Gasteiger partial charge in [0.2, 0.25) is 0 Å². The first-order valence-corrected chi connectivity index (χ1v) is 11.7. The molecule has 0 bridgehead atoms. The lowest BCUT2D eigenvalue weighted by Crippen LogP contribution is -2.49. The number of nitrogens with one attached hydrogen (secondary N) is 3. The number of carbonyl (C=O) groups is 2. The van der Waals surface area contributed by atoms with Crippen LogP contribution in [0.2, 0.25) is 0 Å². The van der Waals surface area contributed by atoms with Crippen LogP contribution in [0, 0.1) is 6.92 Å². The summed E-state index contributed by atoms with van der Waals surface area (Å²) in [4.78, 5) is 24.3. The van der Waals surface area contributed by atoms with Crippen molar-refractivity contribution in [1.29, 1.82) is 0 Å². The number of ether oxygens (including phenoxy) is 1. The Balaban J connectivity index is 1.50. The number of hydrogen-bond donors (Lipinski definition) is 3. The molecule has 0 atom stereocenters. The molecule has 3 N–H and O–H groups in total. The number of fused-ring (bicyclic) bond motifs is 1. The van der Waals surface area contributed by atoms with E-state index in [4.69, 9.17) is 17.0 Å². The number of hydrazine groups is 1. The van der Waals surface area contributed by atoms with Crippen LogP contribution < -0.4 is 20.9 Å². The maximum Gasteiger partial charge on any atom is 0.269 e. The van der Waals surface area contributed by atoms with E-state index in [-0.39, 0.29) is 17.6 Å². The van der Waals surface area contributed by atoms with Gasteiger partial charge in [0, 0.05) is 14.5 Å². The van der Waals surface area contributed by atoms with Gasteiger partial charge in [0.1, 0.15) is 5.75 Å². The molecule has 0 aliphatic rings. The highest BCUT2D eigenvalue weighted by Crippen LogP contribution is 2.34. The molecule has 0 fully saturated rings. The summed E-state index contributed by atoms with van der Waals surface area (Å²) in [6, 6.07) is 14.8. The topological polar surface area (TPSA) is 79.5 Å². The van der Waals surface area contributed by atoms with Crippen molar-refractivity contribution in [1.82, 2.24) is 16.2 Å². The fraction of sp³-hybridized carbons (Fsp3) is 0.0952. The van der Waals surface area contributed by atoms with E-state index in [9.17, 15) is 9.59 Å². The molecule has 0 heterocycles. The molecule has 0 unspecified atom stereocenters. The van der Waals surface area contributed by atoms with Crippen LogP contribution in [0.25, 0.3) is 10.8 Å². The standard InChI is InChI=1S/C21H16Br3N3O3S/c1-11-2-3-13(9-16(11)23)20(29)26-27-21(31)25-18(28)10-30-17-7-4-12-8-14(22)5-6-15(12)19(17)24/h2-9H,10H2,1H3,(H,26,29)(H2,25,27,28,31). The third-order valence-corrected chi connectivity index (χ3v) is 6.59. The van der Waals surface area contributed by atoms with Gasteiger partial charge in [-0.1, -0.05) is 50.1 Å². The lowest BCUT2D eigenvalue weighted by molar-refractivity contribution is -0.121. The number of halogens is 3. The molecular weight excluding hydrogens is 614 g/mol. The zero-order valence-corrected chi connectivity index (χ0v) is 21.7. The summed E-state index contributed by atoms with van der Waals surface area (Å²) in [6.07, 6.45) is 0. The van der Waals surface area contributed by atoms with Crippen LogP contribution in [0.3, 0.4) is 0 Å². The predicted molar refractivity (Wildman–Crippen MR) is 135 cm³/mol. The lowest BCUT2D eigenvalue weighted by atomic mass is 10.1. The molecular formula is C21H16Br3N3O3S. The minimum atomic E-state index is -0.465. The summed E-state index contributed by atoms with van der Waals surface area (Å²) in [5.41, 5.74) is 6.39. The zero-order valence-electron chi connectivity index (χ0n) is 16.1. The molecule has 31 heavy (non-hydrogen) atoms. The molecule has 160 valence electrons. The van der Waals surface area contributed by atoms with Gasteiger partial charge in [0.05, 0.1) is 4.47 Å². The molecule has 0 aliphatic carbocycles. The van der Waals surface area contributed by atoms with E-state index >= 15 is 0 Å². The highest BCUT2D eigenvalue weighted by atomic mass is 79.9. The maximum atomic E-state index is 12.2. The lowest BCUT2D eigenvalue weighted by Gasteiger charge is -2.13. The second kappa shape index (κ2) is 10.5. The van der Waals surface area contributed by atoms with Gasteiger partial charge in [-0.15, -0.1) is 0 Å². The number of thiocarbonyl (C=S) groups is 1. The molecule has 2 amide bonds. The molecule has 0 aliphatic heterocycles. The van der Waals surface area contributed by atoms with Crippen LogP contribution in [0.4, 0.5) is 0 Å². The van der Waals surface area contributed by atoms with Crippen LogP contribution in [-0.4, -0.2) is 23.5 Å². The molecule has 6 nitrogen and oxygen atoms in total. The van der Waals surface area contributed by atoms with Crippen molar-refractivity contribution in [2.45, 2.75) is 6.92 Å². The van der Waals surface area contributed by atoms with Crippen molar-refractivity contribution in [3.63, 3.8) is 0 Å². The van der Waals surface area contributed by atoms with E-state index in [1.54, 1.807) is 18.2 Å². The Kier molecular flexibility index (Phi) is 8.04. The summed E-state index contributed by atoms with van der Waals surface area (Å²) in [5.74, 6) is -0.324. The van der Waals surface area contributed by atoms with Crippen LogP contribution >= 0.6 is 60.0 Å². The minimum absolute atomic E-state index is 0.0458. The van der Waals surface area contributed by atoms with Gasteiger partial charge < -0.3 is 4.74 Å². The average Bonchev–Trinajstić information content (AvgIpc) is 2.73. The quantitative estimate of drug-likeness (QED) is 0.275. The number of benzene rings is 3. The fourth-order valence-corrected chi connectivity index (χ4v) is 4.14. The summed E-state index contributed by atoms with van der Waals surface area (Å²) >= 11 is 15.4. The van der Waals surface area contributed by atoms with Crippen molar-refractivity contribution in [2.24, 2.45) is 0 Å². The van der Waals surface area contributed by atoms with Crippen molar-refractivity contribution < 1.29 is 14.3 Å². The summed E-state index contributed by atoms with van der Waals surface area (Å²) in [6.45, 7) is 1.67. The Morgan fingerprint density at radius 3 is 2.52 bits per heavy atom. The average molecular weight is 630 g/mol. The minimum Gasteiger partial charge on any atom is -0.483 e. The number of carbonyl (C=O) groups excluding carboxylic acids is 2. The molecule has 0 aromatic heterocycles. The van der Waals surface area contributed by atoms with E-state index in [1.165, 1.54) is 0 Å². The summed E-state index contributed by atoms with van der Waals surface area (Å²) in [7, 11) is 0. The Labute approximate surface area is 209 Å². The molecule has 3 aromatic carbocycles. The van der Waals surface area contributed by atoms with E-state index in [2.05, 4.69) is 64.0 Å². The Hall–Kier alpha value is -2.01. The summed E-state index contributed by atoms with van der Waals surface area (Å²) in [5, 5.41) is 4.40. The first kappa shape index (κ1) is 23.6. The first-order valence-electron chi connectivity index (χ1n) is 8.91. The van der Waals surface area contributed by atoms with Gasteiger partial charge in [-0.25, -0.2) is 0 Å². The van der Waals surface area contributed by atoms with Crippen LogP contribution in [0.15, 0.2) is 61.9 Å².